The van der Waals surface area contributed by atoms with Gasteiger partial charge in [-0.15, -0.1) is 0 Å². The molecule has 2 atom stereocenters. The lowest BCUT2D eigenvalue weighted by molar-refractivity contribution is -0.0964. The number of hydrogen-bond acceptors (Lipinski definition) is 2. The molecule has 1 aliphatic rings. The van der Waals surface area contributed by atoms with Gasteiger partial charge in [0.05, 0.1) is 11.7 Å². The molecule has 2 rings (SSSR count). The summed E-state index contributed by atoms with van der Waals surface area (Å²) in [6, 6.07) is 4.56. The van der Waals surface area contributed by atoms with Crippen LogP contribution in [-0.4, -0.2) is 23.4 Å². The van der Waals surface area contributed by atoms with E-state index in [1.54, 1.807) is 12.1 Å². The highest BCUT2D eigenvalue weighted by molar-refractivity contribution is 6.30. The van der Waals surface area contributed by atoms with E-state index in [2.05, 4.69) is 0 Å². The van der Waals surface area contributed by atoms with Crippen LogP contribution in [0.2, 0.25) is 5.02 Å². The molecule has 1 aromatic rings. The van der Waals surface area contributed by atoms with E-state index in [1.807, 2.05) is 6.92 Å². The van der Waals surface area contributed by atoms with Crippen molar-refractivity contribution in [1.82, 2.24) is 0 Å². The molecule has 0 aliphatic carbocycles. The fraction of sp³-hybridized carbons (Fsp3) is 0.538. The molecule has 1 saturated heterocycles. The van der Waals surface area contributed by atoms with Crippen molar-refractivity contribution in [2.75, 3.05) is 6.61 Å². The summed E-state index contributed by atoms with van der Waals surface area (Å²) in [6.07, 6.45) is 1.40. The summed E-state index contributed by atoms with van der Waals surface area (Å²) in [5, 5.41) is 10.8. The molecule has 94 valence electrons. The van der Waals surface area contributed by atoms with Crippen molar-refractivity contribution in [3.8, 4) is 0 Å². The highest BCUT2D eigenvalue weighted by Gasteiger charge is 2.34. The molecule has 0 saturated carbocycles. The maximum Gasteiger partial charge on any atom is 0.127 e. The SMILES string of the molecule is CC1CC(O)(Cc2ccc(Cl)cc2F)CCO1. The van der Waals surface area contributed by atoms with Crippen molar-refractivity contribution in [2.24, 2.45) is 0 Å². The lowest BCUT2D eigenvalue weighted by Crippen LogP contribution is -2.41. The maximum absolute atomic E-state index is 13.6. The quantitative estimate of drug-likeness (QED) is 0.884. The maximum atomic E-state index is 13.6. The predicted octanol–water partition coefficient (Wildman–Crippen LogP) is 2.95. The fourth-order valence-electron chi connectivity index (χ4n) is 2.33. The molecule has 1 aromatic carbocycles. The topological polar surface area (TPSA) is 29.5 Å². The number of rotatable bonds is 2. The third-order valence-electron chi connectivity index (χ3n) is 3.17. The summed E-state index contributed by atoms with van der Waals surface area (Å²) in [4.78, 5) is 0. The molecule has 1 fully saturated rings. The Labute approximate surface area is 105 Å². The van der Waals surface area contributed by atoms with Gasteiger partial charge in [0.15, 0.2) is 0 Å². The number of ether oxygens (including phenoxy) is 1. The lowest BCUT2D eigenvalue weighted by Gasteiger charge is -2.35. The summed E-state index contributed by atoms with van der Waals surface area (Å²) in [6.45, 7) is 2.44. The minimum atomic E-state index is -0.869. The molecule has 1 aliphatic heterocycles. The Hall–Kier alpha value is -0.640. The number of benzene rings is 1. The highest BCUT2D eigenvalue weighted by atomic mass is 35.5. The zero-order chi connectivity index (χ0) is 12.5. The lowest BCUT2D eigenvalue weighted by atomic mass is 9.85. The summed E-state index contributed by atoms with van der Waals surface area (Å²) in [7, 11) is 0. The van der Waals surface area contributed by atoms with Crippen LogP contribution < -0.4 is 0 Å². The molecule has 4 heteroatoms. The summed E-state index contributed by atoms with van der Waals surface area (Å²) >= 11 is 5.70. The zero-order valence-electron chi connectivity index (χ0n) is 9.75. The van der Waals surface area contributed by atoms with E-state index in [-0.39, 0.29) is 11.9 Å². The minimum Gasteiger partial charge on any atom is -0.389 e. The molecular weight excluding hydrogens is 243 g/mol. The average Bonchev–Trinajstić information content (AvgIpc) is 2.22. The molecule has 0 bridgehead atoms. The second kappa shape index (κ2) is 4.92. The fourth-order valence-corrected chi connectivity index (χ4v) is 2.49. The van der Waals surface area contributed by atoms with Crippen LogP contribution in [0.5, 0.6) is 0 Å². The predicted molar refractivity (Wildman–Crippen MR) is 64.7 cm³/mol. The summed E-state index contributed by atoms with van der Waals surface area (Å²) < 4.78 is 19.0. The number of hydrogen-bond donors (Lipinski definition) is 1. The largest absolute Gasteiger partial charge is 0.389 e. The molecule has 0 aromatic heterocycles. The Balaban J connectivity index is 2.14. The van der Waals surface area contributed by atoms with Crippen LogP contribution in [0.3, 0.4) is 0 Å². The number of halogens is 2. The van der Waals surface area contributed by atoms with Crippen LogP contribution in [0.15, 0.2) is 18.2 Å². The third kappa shape index (κ3) is 3.18. The van der Waals surface area contributed by atoms with E-state index in [1.165, 1.54) is 6.07 Å². The standard InChI is InChI=1S/C13H16ClFO2/c1-9-7-13(16,4-5-17-9)8-10-2-3-11(14)6-12(10)15/h2-3,6,9,16H,4-5,7-8H2,1H3. The van der Waals surface area contributed by atoms with Gasteiger partial charge < -0.3 is 9.84 Å². The summed E-state index contributed by atoms with van der Waals surface area (Å²) in [5.74, 6) is -0.356. The van der Waals surface area contributed by atoms with Crippen molar-refractivity contribution in [3.05, 3.63) is 34.6 Å². The average molecular weight is 259 g/mol. The van der Waals surface area contributed by atoms with E-state index >= 15 is 0 Å². The van der Waals surface area contributed by atoms with Gasteiger partial charge in [-0.1, -0.05) is 17.7 Å². The van der Waals surface area contributed by atoms with Crippen molar-refractivity contribution in [2.45, 2.75) is 37.9 Å². The van der Waals surface area contributed by atoms with Crippen molar-refractivity contribution in [3.63, 3.8) is 0 Å². The van der Waals surface area contributed by atoms with Crippen LogP contribution in [0, 0.1) is 5.82 Å². The van der Waals surface area contributed by atoms with E-state index in [0.717, 1.165) is 0 Å². The zero-order valence-corrected chi connectivity index (χ0v) is 10.5. The second-order valence-electron chi connectivity index (χ2n) is 4.77. The van der Waals surface area contributed by atoms with Gasteiger partial charge in [0, 0.05) is 24.5 Å². The molecule has 0 amide bonds. The first kappa shape index (κ1) is 12.8. The van der Waals surface area contributed by atoms with Crippen LogP contribution >= 0.6 is 11.6 Å². The van der Waals surface area contributed by atoms with Gasteiger partial charge in [0.1, 0.15) is 5.82 Å². The molecule has 1 N–H and O–H groups in total. The van der Waals surface area contributed by atoms with Gasteiger partial charge in [-0.25, -0.2) is 4.39 Å². The highest BCUT2D eigenvalue weighted by Crippen LogP contribution is 2.29. The number of aliphatic hydroxyl groups is 1. The van der Waals surface area contributed by atoms with Crippen LogP contribution in [0.25, 0.3) is 0 Å². The molecule has 2 nitrogen and oxygen atoms in total. The molecular formula is C13H16ClFO2. The van der Waals surface area contributed by atoms with E-state index < -0.39 is 5.60 Å². The Morgan fingerprint density at radius 1 is 1.59 bits per heavy atom. The van der Waals surface area contributed by atoms with Crippen molar-refractivity contribution >= 4 is 11.6 Å². The Morgan fingerprint density at radius 3 is 3.00 bits per heavy atom. The van der Waals surface area contributed by atoms with Crippen LogP contribution in [-0.2, 0) is 11.2 Å². The molecule has 17 heavy (non-hydrogen) atoms. The van der Waals surface area contributed by atoms with Gasteiger partial charge >= 0.3 is 0 Å². The van der Waals surface area contributed by atoms with Crippen LogP contribution in [0.1, 0.15) is 25.3 Å². The first-order valence-electron chi connectivity index (χ1n) is 5.76. The first-order chi connectivity index (χ1) is 7.98. The van der Waals surface area contributed by atoms with Crippen molar-refractivity contribution in [1.29, 1.82) is 0 Å². The molecule has 1 heterocycles. The minimum absolute atomic E-state index is 0.0177. The van der Waals surface area contributed by atoms with Gasteiger partial charge in [0.25, 0.3) is 0 Å². The molecule has 0 spiro atoms. The second-order valence-corrected chi connectivity index (χ2v) is 5.21. The van der Waals surface area contributed by atoms with Crippen LogP contribution in [0.4, 0.5) is 4.39 Å². The third-order valence-corrected chi connectivity index (χ3v) is 3.41. The van der Waals surface area contributed by atoms with Gasteiger partial charge in [-0.05, 0) is 31.0 Å². The summed E-state index contributed by atoms with van der Waals surface area (Å²) in [5.41, 5.74) is -0.363. The van der Waals surface area contributed by atoms with Gasteiger partial charge in [0.2, 0.25) is 0 Å². The van der Waals surface area contributed by atoms with E-state index in [0.29, 0.717) is 36.5 Å². The molecule has 2 unspecified atom stereocenters. The smallest absolute Gasteiger partial charge is 0.127 e. The van der Waals surface area contributed by atoms with Gasteiger partial charge in [-0.2, -0.15) is 0 Å². The normalized spacial score (nSPS) is 29.3. The van der Waals surface area contributed by atoms with Crippen molar-refractivity contribution < 1.29 is 14.2 Å². The van der Waals surface area contributed by atoms with Gasteiger partial charge in [-0.3, -0.25) is 0 Å². The van der Waals surface area contributed by atoms with E-state index in [9.17, 15) is 9.50 Å². The molecule has 0 radical (unpaired) electrons. The Morgan fingerprint density at radius 2 is 2.35 bits per heavy atom. The Kier molecular flexibility index (Phi) is 3.71. The first-order valence-corrected chi connectivity index (χ1v) is 6.14. The Bertz CT molecular complexity index is 410. The van der Waals surface area contributed by atoms with E-state index in [4.69, 9.17) is 16.3 Å². The monoisotopic (exact) mass is 258 g/mol.